The van der Waals surface area contributed by atoms with Gasteiger partial charge in [-0.15, -0.1) is 0 Å². The van der Waals surface area contributed by atoms with Crippen molar-refractivity contribution in [3.05, 3.63) is 32.8 Å². The molecule has 0 heterocycles. The molecule has 1 rings (SSSR count). The highest BCUT2D eigenvalue weighted by Crippen LogP contribution is 2.27. The van der Waals surface area contributed by atoms with E-state index in [0.717, 1.165) is 6.07 Å². The lowest BCUT2D eigenvalue weighted by molar-refractivity contribution is 0.591. The molecule has 62 valence electrons. The van der Waals surface area contributed by atoms with Gasteiger partial charge in [-0.3, -0.25) is 0 Å². The molecule has 0 aliphatic carbocycles. The maximum atomic E-state index is 12.9. The number of rotatable bonds is 0. The van der Waals surface area contributed by atoms with E-state index in [1.807, 2.05) is 0 Å². The van der Waals surface area contributed by atoms with Crippen LogP contribution in [0.3, 0.4) is 0 Å². The Morgan fingerprint density at radius 2 is 2.08 bits per heavy atom. The van der Waals surface area contributed by atoms with Crippen molar-refractivity contribution in [1.29, 1.82) is 5.26 Å². The fourth-order valence-electron chi connectivity index (χ4n) is 0.671. The molecule has 0 fully saturated rings. The second-order valence-corrected chi connectivity index (χ2v) is 3.19. The Balaban J connectivity index is 3.56. The largest absolute Gasteiger partial charge is 0.205 e. The van der Waals surface area contributed by atoms with Crippen LogP contribution in [0.5, 0.6) is 0 Å². The molecule has 0 radical (unpaired) electrons. The molecule has 0 unspecified atom stereocenters. The molecule has 0 amide bonds. The minimum absolute atomic E-state index is 0.110. The topological polar surface area (TPSA) is 23.8 Å². The molecule has 5 heteroatoms. The molecular weight excluding hydrogens is 251 g/mol. The summed E-state index contributed by atoms with van der Waals surface area (Å²) in [5, 5.41) is 7.90. The highest BCUT2D eigenvalue weighted by atomic mass is 79.9. The number of hydrogen-bond donors (Lipinski definition) is 0. The summed E-state index contributed by atoms with van der Waals surface area (Å²) in [6.45, 7) is 0. The van der Waals surface area contributed by atoms with Crippen LogP contribution in [-0.4, -0.2) is 0 Å². The molecule has 0 saturated heterocycles. The van der Waals surface area contributed by atoms with Crippen LogP contribution in [0.15, 0.2) is 10.5 Å². The first kappa shape index (κ1) is 9.43. The summed E-state index contributed by atoms with van der Waals surface area (Å²) >= 11 is 8.06. The molecule has 0 atom stereocenters. The summed E-state index contributed by atoms with van der Waals surface area (Å²) in [6, 6.07) is 2.34. The average Bonchev–Trinajstić information content (AvgIpc) is 2.02. The van der Waals surface area contributed by atoms with Gasteiger partial charge in [-0.05, 0) is 22.0 Å². The summed E-state index contributed by atoms with van der Waals surface area (Å²) in [5.41, 5.74) is -0.483. The zero-order valence-corrected chi connectivity index (χ0v) is 7.88. The average molecular weight is 252 g/mol. The number of benzene rings is 1. The van der Waals surface area contributed by atoms with Gasteiger partial charge >= 0.3 is 0 Å². The molecule has 0 aliphatic rings. The zero-order valence-electron chi connectivity index (χ0n) is 5.54. The Kier molecular flexibility index (Phi) is 2.65. The first-order chi connectivity index (χ1) is 5.57. The van der Waals surface area contributed by atoms with Crippen LogP contribution >= 0.6 is 27.5 Å². The molecule has 0 spiro atoms. The van der Waals surface area contributed by atoms with Crippen molar-refractivity contribution in [1.82, 2.24) is 0 Å². The SMILES string of the molecule is N#Cc1c(F)c(Br)cc(F)c1Cl. The van der Waals surface area contributed by atoms with Crippen LogP contribution < -0.4 is 0 Å². The molecule has 12 heavy (non-hydrogen) atoms. The van der Waals surface area contributed by atoms with E-state index in [1.165, 1.54) is 6.07 Å². The molecule has 1 aromatic carbocycles. The first-order valence-corrected chi connectivity index (χ1v) is 3.98. The van der Waals surface area contributed by atoms with E-state index in [2.05, 4.69) is 15.9 Å². The summed E-state index contributed by atoms with van der Waals surface area (Å²) in [4.78, 5) is 0. The first-order valence-electron chi connectivity index (χ1n) is 2.81. The molecule has 0 aromatic heterocycles. The second kappa shape index (κ2) is 3.38. The van der Waals surface area contributed by atoms with Crippen LogP contribution in [-0.2, 0) is 0 Å². The van der Waals surface area contributed by atoms with Crippen molar-refractivity contribution in [3.63, 3.8) is 0 Å². The van der Waals surface area contributed by atoms with E-state index >= 15 is 0 Å². The monoisotopic (exact) mass is 251 g/mol. The lowest BCUT2D eigenvalue weighted by Crippen LogP contribution is -1.90. The number of nitriles is 1. The van der Waals surface area contributed by atoms with Crippen molar-refractivity contribution in [2.24, 2.45) is 0 Å². The fraction of sp³-hybridized carbons (Fsp3) is 0. The highest BCUT2D eigenvalue weighted by molar-refractivity contribution is 9.10. The third kappa shape index (κ3) is 1.43. The van der Waals surface area contributed by atoms with Crippen LogP contribution in [0, 0.1) is 23.0 Å². The molecule has 0 saturated carbocycles. The van der Waals surface area contributed by atoms with Gasteiger partial charge in [0.2, 0.25) is 0 Å². The van der Waals surface area contributed by atoms with E-state index in [0.29, 0.717) is 0 Å². The van der Waals surface area contributed by atoms with Crippen LogP contribution in [0.4, 0.5) is 8.78 Å². The third-order valence-corrected chi connectivity index (χ3v) is 2.17. The summed E-state index contributed by atoms with van der Waals surface area (Å²) in [5.74, 6) is -1.66. The van der Waals surface area contributed by atoms with E-state index in [9.17, 15) is 8.78 Å². The van der Waals surface area contributed by atoms with Crippen molar-refractivity contribution in [3.8, 4) is 6.07 Å². The lowest BCUT2D eigenvalue weighted by atomic mass is 10.2. The van der Waals surface area contributed by atoms with Gasteiger partial charge in [-0.1, -0.05) is 11.6 Å². The summed E-state index contributed by atoms with van der Waals surface area (Å²) in [6.07, 6.45) is 0. The van der Waals surface area contributed by atoms with Crippen molar-refractivity contribution < 1.29 is 8.78 Å². The van der Waals surface area contributed by atoms with Gasteiger partial charge in [-0.25, -0.2) is 8.78 Å². The quantitative estimate of drug-likeness (QED) is 0.650. The van der Waals surface area contributed by atoms with Gasteiger partial charge in [0.1, 0.15) is 17.4 Å². The number of hydrogen-bond acceptors (Lipinski definition) is 1. The Bertz CT molecular complexity index is 346. The Morgan fingerprint density at radius 3 is 2.58 bits per heavy atom. The maximum absolute atomic E-state index is 12.9. The predicted octanol–water partition coefficient (Wildman–Crippen LogP) is 3.25. The number of halogens is 4. The third-order valence-electron chi connectivity index (χ3n) is 1.22. The zero-order chi connectivity index (χ0) is 9.30. The smallest absolute Gasteiger partial charge is 0.156 e. The molecule has 0 N–H and O–H groups in total. The standard InChI is InChI=1S/C7HBrClF2N/c8-4-1-5(10)6(9)3(2-12)7(4)11/h1H. The van der Waals surface area contributed by atoms with Crippen LogP contribution in [0.25, 0.3) is 0 Å². The van der Waals surface area contributed by atoms with Gasteiger partial charge in [0, 0.05) is 0 Å². The van der Waals surface area contributed by atoms with Crippen LogP contribution in [0.1, 0.15) is 5.56 Å². The normalized spacial score (nSPS) is 9.58. The molecule has 0 aliphatic heterocycles. The fourth-order valence-corrected chi connectivity index (χ4v) is 1.25. The number of nitrogens with zero attached hydrogens (tertiary/aromatic N) is 1. The van der Waals surface area contributed by atoms with Gasteiger partial charge < -0.3 is 0 Å². The second-order valence-electron chi connectivity index (χ2n) is 1.95. The van der Waals surface area contributed by atoms with E-state index < -0.39 is 22.2 Å². The van der Waals surface area contributed by atoms with E-state index in [4.69, 9.17) is 16.9 Å². The van der Waals surface area contributed by atoms with E-state index in [-0.39, 0.29) is 4.47 Å². The minimum Gasteiger partial charge on any atom is -0.205 e. The lowest BCUT2D eigenvalue weighted by Gasteiger charge is -2.00. The predicted molar refractivity (Wildman–Crippen MR) is 43.8 cm³/mol. The molecule has 0 bridgehead atoms. The summed E-state index contributed by atoms with van der Waals surface area (Å²) < 4.78 is 25.5. The van der Waals surface area contributed by atoms with Gasteiger partial charge in [0.05, 0.1) is 9.50 Å². The van der Waals surface area contributed by atoms with E-state index in [1.54, 1.807) is 0 Å². The molecule has 1 nitrogen and oxygen atoms in total. The Hall–Kier alpha value is -0.660. The Morgan fingerprint density at radius 1 is 1.50 bits per heavy atom. The summed E-state index contributed by atoms with van der Waals surface area (Å²) in [7, 11) is 0. The van der Waals surface area contributed by atoms with Gasteiger partial charge in [-0.2, -0.15) is 5.26 Å². The molecule has 1 aromatic rings. The van der Waals surface area contributed by atoms with Crippen molar-refractivity contribution >= 4 is 27.5 Å². The Labute approximate surface area is 80.7 Å². The van der Waals surface area contributed by atoms with Gasteiger partial charge in [0.15, 0.2) is 5.82 Å². The minimum atomic E-state index is -0.844. The van der Waals surface area contributed by atoms with Crippen LogP contribution in [0.2, 0.25) is 5.02 Å². The van der Waals surface area contributed by atoms with Gasteiger partial charge in [0.25, 0.3) is 0 Å². The highest BCUT2D eigenvalue weighted by Gasteiger charge is 2.15. The van der Waals surface area contributed by atoms with Crippen molar-refractivity contribution in [2.75, 3.05) is 0 Å². The maximum Gasteiger partial charge on any atom is 0.156 e. The molecular formula is C7HBrClF2N. The van der Waals surface area contributed by atoms with Crippen molar-refractivity contribution in [2.45, 2.75) is 0 Å².